The number of rotatable bonds is 6. The monoisotopic (exact) mass is 336 g/mol. The van der Waals surface area contributed by atoms with Crippen molar-refractivity contribution in [3.05, 3.63) is 46.9 Å². The van der Waals surface area contributed by atoms with Gasteiger partial charge in [-0.05, 0) is 6.08 Å². The average Bonchev–Trinajstić information content (AvgIpc) is 2.79. The number of alkyl halides is 3. The van der Waals surface area contributed by atoms with E-state index in [9.17, 15) is 23.1 Å². The minimum Gasteiger partial charge on any atom is -0.511 e. The lowest BCUT2D eigenvalue weighted by atomic mass is 10.1. The molecule has 4 nitrogen and oxygen atoms in total. The standard InChI is InChI=1S/C17H15F3N2O2/c1-2-3-7-15(23)14(10-21)16(24)22-13-6-4-5-12(8-9-13)17(19,20)11-18/h1,4-5,8-9,23H,3,6-7,11H2,(H,22,24)/b15-14-. The number of halogens is 3. The number of nitriles is 1. The Morgan fingerprint density at radius 2 is 2.17 bits per heavy atom. The summed E-state index contributed by atoms with van der Waals surface area (Å²) in [6, 6.07) is 1.58. The lowest BCUT2D eigenvalue weighted by Gasteiger charge is -2.12. The Hall–Kier alpha value is -2.93. The Balaban J connectivity index is 2.94. The number of aliphatic hydroxyl groups is 1. The smallest absolute Gasteiger partial charge is 0.301 e. The number of amides is 1. The van der Waals surface area contributed by atoms with Crippen molar-refractivity contribution < 1.29 is 23.1 Å². The van der Waals surface area contributed by atoms with E-state index in [1.54, 1.807) is 6.07 Å². The molecule has 0 unspecified atom stereocenters. The van der Waals surface area contributed by atoms with Gasteiger partial charge in [0.05, 0.1) is 0 Å². The molecule has 0 aromatic heterocycles. The number of allylic oxidation sites excluding steroid dienone is 6. The fourth-order valence-corrected chi connectivity index (χ4v) is 1.81. The quantitative estimate of drug-likeness (QED) is 0.338. The Morgan fingerprint density at radius 3 is 2.75 bits per heavy atom. The number of nitrogens with one attached hydrogen (secondary N) is 1. The summed E-state index contributed by atoms with van der Waals surface area (Å²) in [6.45, 7) is -1.83. The van der Waals surface area contributed by atoms with Crippen LogP contribution in [0.4, 0.5) is 13.2 Å². The molecule has 0 spiro atoms. The van der Waals surface area contributed by atoms with Crippen molar-refractivity contribution in [1.82, 2.24) is 5.32 Å². The molecular formula is C17H15F3N2O2. The molecule has 24 heavy (non-hydrogen) atoms. The third-order valence-corrected chi connectivity index (χ3v) is 3.10. The van der Waals surface area contributed by atoms with Crippen LogP contribution in [0, 0.1) is 23.7 Å². The number of carbonyl (C=O) groups is 1. The number of hydrogen-bond acceptors (Lipinski definition) is 3. The minimum absolute atomic E-state index is 0.0292. The van der Waals surface area contributed by atoms with Gasteiger partial charge in [-0.1, -0.05) is 18.2 Å². The second-order valence-electron chi connectivity index (χ2n) is 4.85. The van der Waals surface area contributed by atoms with Crippen molar-refractivity contribution in [2.24, 2.45) is 0 Å². The van der Waals surface area contributed by atoms with Crippen molar-refractivity contribution in [1.29, 1.82) is 5.26 Å². The first-order valence-corrected chi connectivity index (χ1v) is 6.94. The second-order valence-corrected chi connectivity index (χ2v) is 4.85. The zero-order chi connectivity index (χ0) is 18.2. The Kier molecular flexibility index (Phi) is 6.88. The van der Waals surface area contributed by atoms with E-state index in [-0.39, 0.29) is 25.0 Å². The average molecular weight is 336 g/mol. The van der Waals surface area contributed by atoms with Crippen molar-refractivity contribution in [3.8, 4) is 18.4 Å². The van der Waals surface area contributed by atoms with E-state index in [2.05, 4.69) is 11.2 Å². The second kappa shape index (κ2) is 8.64. The Morgan fingerprint density at radius 1 is 1.46 bits per heavy atom. The van der Waals surface area contributed by atoms with Crippen LogP contribution in [0.3, 0.4) is 0 Å². The highest BCUT2D eigenvalue weighted by molar-refractivity contribution is 5.98. The van der Waals surface area contributed by atoms with Crippen LogP contribution < -0.4 is 5.32 Å². The first kappa shape index (κ1) is 19.1. The van der Waals surface area contributed by atoms with Crippen LogP contribution in [-0.4, -0.2) is 23.6 Å². The summed E-state index contributed by atoms with van der Waals surface area (Å²) in [4.78, 5) is 12.0. The van der Waals surface area contributed by atoms with E-state index in [4.69, 9.17) is 11.7 Å². The highest BCUT2D eigenvalue weighted by atomic mass is 19.3. The van der Waals surface area contributed by atoms with Crippen LogP contribution in [0.2, 0.25) is 0 Å². The summed E-state index contributed by atoms with van der Waals surface area (Å²) in [5, 5.41) is 21.0. The van der Waals surface area contributed by atoms with Gasteiger partial charge in [0.2, 0.25) is 0 Å². The molecule has 0 atom stereocenters. The zero-order valence-corrected chi connectivity index (χ0v) is 12.7. The predicted octanol–water partition coefficient (Wildman–Crippen LogP) is 3.23. The van der Waals surface area contributed by atoms with E-state index in [0.717, 1.165) is 12.2 Å². The van der Waals surface area contributed by atoms with Gasteiger partial charge >= 0.3 is 5.92 Å². The normalized spacial score (nSPS) is 15.2. The Labute approximate surface area is 137 Å². The van der Waals surface area contributed by atoms with E-state index in [1.165, 1.54) is 12.2 Å². The Bertz CT molecular complexity index is 704. The molecule has 0 aliphatic heterocycles. The molecule has 126 valence electrons. The summed E-state index contributed by atoms with van der Waals surface area (Å²) in [7, 11) is 0. The van der Waals surface area contributed by atoms with Gasteiger partial charge < -0.3 is 10.4 Å². The van der Waals surface area contributed by atoms with Crippen LogP contribution in [0.5, 0.6) is 0 Å². The van der Waals surface area contributed by atoms with Crippen molar-refractivity contribution in [2.45, 2.75) is 25.2 Å². The highest BCUT2D eigenvalue weighted by Gasteiger charge is 2.32. The molecule has 0 saturated carbocycles. The molecule has 0 aromatic carbocycles. The predicted molar refractivity (Wildman–Crippen MR) is 82.3 cm³/mol. The zero-order valence-electron chi connectivity index (χ0n) is 12.7. The maximum atomic E-state index is 13.3. The number of carbonyl (C=O) groups excluding carboxylic acids is 1. The van der Waals surface area contributed by atoms with Gasteiger partial charge in [0.25, 0.3) is 5.91 Å². The van der Waals surface area contributed by atoms with Gasteiger partial charge in [-0.2, -0.15) is 14.0 Å². The molecule has 0 radical (unpaired) electrons. The SMILES string of the molecule is C#CCC/C(O)=C(\C#N)C(=O)NC1=CC=C(C(F)(F)CF)C=CC1. The molecule has 1 amide bonds. The minimum atomic E-state index is -3.61. The van der Waals surface area contributed by atoms with Crippen LogP contribution in [0.25, 0.3) is 0 Å². The van der Waals surface area contributed by atoms with E-state index in [0.29, 0.717) is 0 Å². The topological polar surface area (TPSA) is 73.1 Å². The van der Waals surface area contributed by atoms with Gasteiger partial charge in [0.1, 0.15) is 11.8 Å². The lowest BCUT2D eigenvalue weighted by molar-refractivity contribution is -0.116. The summed E-state index contributed by atoms with van der Waals surface area (Å²) >= 11 is 0. The maximum absolute atomic E-state index is 13.3. The third-order valence-electron chi connectivity index (χ3n) is 3.10. The molecular weight excluding hydrogens is 321 g/mol. The van der Waals surface area contributed by atoms with Gasteiger partial charge in [-0.3, -0.25) is 4.79 Å². The molecule has 0 saturated heterocycles. The molecule has 0 bridgehead atoms. The fraction of sp³-hybridized carbons (Fsp3) is 0.294. The van der Waals surface area contributed by atoms with Crippen LogP contribution in [0.15, 0.2) is 46.9 Å². The first-order valence-electron chi connectivity index (χ1n) is 6.94. The maximum Gasteiger partial charge on any atom is 0.301 e. The third kappa shape index (κ3) is 5.06. The summed E-state index contributed by atoms with van der Waals surface area (Å²) in [6.07, 6.45) is 9.86. The largest absolute Gasteiger partial charge is 0.511 e. The van der Waals surface area contributed by atoms with Crippen LogP contribution in [-0.2, 0) is 4.79 Å². The lowest BCUT2D eigenvalue weighted by Crippen LogP contribution is -2.24. The van der Waals surface area contributed by atoms with Crippen molar-refractivity contribution >= 4 is 5.91 Å². The van der Waals surface area contributed by atoms with Gasteiger partial charge in [0.15, 0.2) is 12.2 Å². The van der Waals surface area contributed by atoms with Gasteiger partial charge in [-0.25, -0.2) is 4.39 Å². The highest BCUT2D eigenvalue weighted by Crippen LogP contribution is 2.27. The van der Waals surface area contributed by atoms with E-state index >= 15 is 0 Å². The molecule has 1 rings (SSSR count). The van der Waals surface area contributed by atoms with E-state index < -0.39 is 35.4 Å². The van der Waals surface area contributed by atoms with Crippen LogP contribution in [0.1, 0.15) is 19.3 Å². The number of terminal acetylenes is 1. The number of aliphatic hydroxyl groups excluding tert-OH is 1. The number of nitrogens with zero attached hydrogens (tertiary/aromatic N) is 1. The molecule has 7 heteroatoms. The summed E-state index contributed by atoms with van der Waals surface area (Å²) in [5.74, 6) is -2.67. The number of hydrogen-bond donors (Lipinski definition) is 2. The summed E-state index contributed by atoms with van der Waals surface area (Å²) in [5.41, 5.74) is -0.807. The van der Waals surface area contributed by atoms with Gasteiger partial charge in [-0.15, -0.1) is 12.3 Å². The molecule has 0 fully saturated rings. The van der Waals surface area contributed by atoms with Gasteiger partial charge in [0, 0.05) is 30.5 Å². The molecule has 1 aliphatic rings. The molecule has 1 aliphatic carbocycles. The van der Waals surface area contributed by atoms with Crippen molar-refractivity contribution in [3.63, 3.8) is 0 Å². The van der Waals surface area contributed by atoms with Crippen molar-refractivity contribution in [2.75, 3.05) is 6.67 Å². The van der Waals surface area contributed by atoms with E-state index in [1.807, 2.05) is 0 Å². The first-order chi connectivity index (χ1) is 11.4. The fourth-order valence-electron chi connectivity index (χ4n) is 1.81. The molecule has 2 N–H and O–H groups in total. The summed E-state index contributed by atoms with van der Waals surface area (Å²) < 4.78 is 38.9. The molecule has 0 aromatic rings. The molecule has 0 heterocycles. The van der Waals surface area contributed by atoms with Crippen LogP contribution >= 0.6 is 0 Å².